The molecule has 6 nitrogen and oxygen atoms in total. The number of anilines is 1. The molecule has 0 heterocycles. The molecule has 2 aromatic rings. The number of carbonyl (C=O) groups excluding carboxylic acids is 1. The molecule has 0 saturated carbocycles. The number of amides is 1. The third-order valence-electron chi connectivity index (χ3n) is 3.98. The van der Waals surface area contributed by atoms with Crippen LogP contribution in [0.3, 0.4) is 0 Å². The number of nitrogens with one attached hydrogen (secondary N) is 3. The van der Waals surface area contributed by atoms with E-state index in [9.17, 15) is 4.79 Å². The van der Waals surface area contributed by atoms with Crippen molar-refractivity contribution in [1.29, 1.82) is 0 Å². The highest BCUT2D eigenvalue weighted by atomic mass is 16.5. The molecule has 0 atom stereocenters. The van der Waals surface area contributed by atoms with Crippen molar-refractivity contribution in [3.05, 3.63) is 59.7 Å². The third-order valence-corrected chi connectivity index (χ3v) is 3.98. The number of aryl methyl sites for hydroxylation is 1. The molecule has 0 saturated heterocycles. The number of aliphatic imine (C=N–C) groups is 1. The number of guanidine groups is 1. The van der Waals surface area contributed by atoms with E-state index in [1.807, 2.05) is 55.5 Å². The molecular weight excluding hydrogens is 340 g/mol. The molecule has 0 aromatic heterocycles. The van der Waals surface area contributed by atoms with Gasteiger partial charge in [0.2, 0.25) is 5.91 Å². The van der Waals surface area contributed by atoms with Gasteiger partial charge in [0.25, 0.3) is 0 Å². The lowest BCUT2D eigenvalue weighted by molar-refractivity contribution is -0.115. The first kappa shape index (κ1) is 20.3. The van der Waals surface area contributed by atoms with Gasteiger partial charge in [-0.3, -0.25) is 9.79 Å². The van der Waals surface area contributed by atoms with Crippen molar-refractivity contribution in [2.45, 2.75) is 26.8 Å². The lowest BCUT2D eigenvalue weighted by atomic mass is 10.1. The van der Waals surface area contributed by atoms with Crippen LogP contribution in [-0.2, 0) is 17.8 Å². The van der Waals surface area contributed by atoms with E-state index in [1.165, 1.54) is 5.56 Å². The lowest BCUT2D eigenvalue weighted by Gasteiger charge is -2.14. The van der Waals surface area contributed by atoms with Gasteiger partial charge in [-0.2, -0.15) is 0 Å². The first-order chi connectivity index (χ1) is 13.2. The Morgan fingerprint density at radius 1 is 1.07 bits per heavy atom. The Balaban J connectivity index is 1.84. The van der Waals surface area contributed by atoms with Gasteiger partial charge < -0.3 is 20.7 Å². The molecule has 2 aromatic carbocycles. The van der Waals surface area contributed by atoms with Gasteiger partial charge in [-0.05, 0) is 37.1 Å². The van der Waals surface area contributed by atoms with Crippen LogP contribution in [0.15, 0.2) is 53.5 Å². The molecule has 1 amide bonds. The van der Waals surface area contributed by atoms with Crippen molar-refractivity contribution in [2.24, 2.45) is 4.99 Å². The molecule has 0 bridgehead atoms. The van der Waals surface area contributed by atoms with Gasteiger partial charge >= 0.3 is 0 Å². The van der Waals surface area contributed by atoms with Gasteiger partial charge in [-0.15, -0.1) is 0 Å². The number of benzene rings is 2. The van der Waals surface area contributed by atoms with Gasteiger partial charge in [-0.25, -0.2) is 0 Å². The van der Waals surface area contributed by atoms with Crippen molar-refractivity contribution in [3.8, 4) is 5.75 Å². The number of hydrogen-bond acceptors (Lipinski definition) is 3. The van der Waals surface area contributed by atoms with E-state index >= 15 is 0 Å². The average Bonchev–Trinajstić information content (AvgIpc) is 2.69. The molecule has 0 fully saturated rings. The van der Waals surface area contributed by atoms with E-state index in [-0.39, 0.29) is 12.5 Å². The summed E-state index contributed by atoms with van der Waals surface area (Å²) in [5, 5.41) is 9.12. The maximum atomic E-state index is 12.2. The second kappa shape index (κ2) is 10.9. The van der Waals surface area contributed by atoms with Gasteiger partial charge in [-0.1, -0.05) is 37.3 Å². The normalized spacial score (nSPS) is 11.0. The van der Waals surface area contributed by atoms with Crippen LogP contribution in [0.2, 0.25) is 0 Å². The Morgan fingerprint density at radius 2 is 1.89 bits per heavy atom. The van der Waals surface area contributed by atoms with Gasteiger partial charge in [0.05, 0.1) is 13.2 Å². The number of para-hydroxylation sites is 1. The van der Waals surface area contributed by atoms with Crippen LogP contribution < -0.4 is 20.7 Å². The van der Waals surface area contributed by atoms with E-state index in [2.05, 4.69) is 27.9 Å². The number of hydrogen-bond donors (Lipinski definition) is 3. The predicted molar refractivity (Wildman–Crippen MR) is 110 cm³/mol. The molecule has 0 unspecified atom stereocenters. The molecule has 0 aliphatic rings. The summed E-state index contributed by atoms with van der Waals surface area (Å²) in [6.07, 6.45) is 0.932. The maximum Gasteiger partial charge on any atom is 0.243 e. The topological polar surface area (TPSA) is 74.8 Å². The number of carbonyl (C=O) groups is 1. The Labute approximate surface area is 161 Å². The van der Waals surface area contributed by atoms with E-state index in [4.69, 9.17) is 4.74 Å². The second-order valence-electron chi connectivity index (χ2n) is 5.92. The summed E-state index contributed by atoms with van der Waals surface area (Å²) in [6, 6.07) is 15.7. The number of ether oxygens (including phenoxy) is 1. The fourth-order valence-corrected chi connectivity index (χ4v) is 2.58. The Bertz CT molecular complexity index is 774. The van der Waals surface area contributed by atoms with Crippen LogP contribution in [0.4, 0.5) is 5.69 Å². The van der Waals surface area contributed by atoms with Crippen molar-refractivity contribution in [1.82, 2.24) is 10.6 Å². The number of nitrogens with zero attached hydrogens (tertiary/aromatic N) is 1. The summed E-state index contributed by atoms with van der Waals surface area (Å²) >= 11 is 0. The fourth-order valence-electron chi connectivity index (χ4n) is 2.58. The standard InChI is InChI=1S/C21H28N4O2/c1-4-16-9-8-11-18(13-16)25-20(26)15-24-21(22-3)23-14-17-10-6-7-12-19(17)27-5-2/h6-13H,4-5,14-15H2,1-3H3,(H,25,26)(H2,22,23,24). The van der Waals surface area contributed by atoms with Crippen LogP contribution in [0.1, 0.15) is 25.0 Å². The predicted octanol–water partition coefficient (Wildman–Crippen LogP) is 2.95. The van der Waals surface area contributed by atoms with Crippen molar-refractivity contribution >= 4 is 17.6 Å². The van der Waals surface area contributed by atoms with E-state index in [0.717, 1.165) is 23.4 Å². The summed E-state index contributed by atoms with van der Waals surface area (Å²) < 4.78 is 5.62. The lowest BCUT2D eigenvalue weighted by Crippen LogP contribution is -2.41. The first-order valence-electron chi connectivity index (χ1n) is 9.20. The molecular formula is C21H28N4O2. The van der Waals surface area contributed by atoms with E-state index in [1.54, 1.807) is 7.05 Å². The van der Waals surface area contributed by atoms with Crippen LogP contribution in [0.25, 0.3) is 0 Å². The fraction of sp³-hybridized carbons (Fsp3) is 0.333. The summed E-state index contributed by atoms with van der Waals surface area (Å²) in [5.74, 6) is 1.27. The Morgan fingerprint density at radius 3 is 2.63 bits per heavy atom. The monoisotopic (exact) mass is 368 g/mol. The van der Waals surface area contributed by atoms with Crippen LogP contribution >= 0.6 is 0 Å². The van der Waals surface area contributed by atoms with Gasteiger partial charge in [0, 0.05) is 24.8 Å². The highest BCUT2D eigenvalue weighted by Crippen LogP contribution is 2.17. The van der Waals surface area contributed by atoms with Crippen LogP contribution in [-0.4, -0.2) is 32.1 Å². The van der Waals surface area contributed by atoms with Gasteiger partial charge in [0.15, 0.2) is 5.96 Å². The van der Waals surface area contributed by atoms with Crippen molar-refractivity contribution in [2.75, 3.05) is 25.5 Å². The smallest absolute Gasteiger partial charge is 0.243 e. The molecule has 0 aliphatic carbocycles. The zero-order valence-electron chi connectivity index (χ0n) is 16.2. The quantitative estimate of drug-likeness (QED) is 0.495. The first-order valence-corrected chi connectivity index (χ1v) is 9.20. The van der Waals surface area contributed by atoms with Gasteiger partial charge in [0.1, 0.15) is 5.75 Å². The minimum atomic E-state index is -0.124. The third kappa shape index (κ3) is 6.66. The molecule has 27 heavy (non-hydrogen) atoms. The van der Waals surface area contributed by atoms with Crippen molar-refractivity contribution < 1.29 is 9.53 Å². The van der Waals surface area contributed by atoms with Crippen molar-refractivity contribution in [3.63, 3.8) is 0 Å². The average molecular weight is 368 g/mol. The summed E-state index contributed by atoms with van der Waals surface area (Å²) in [7, 11) is 1.67. The zero-order valence-corrected chi connectivity index (χ0v) is 16.2. The maximum absolute atomic E-state index is 12.2. The largest absolute Gasteiger partial charge is 0.494 e. The minimum absolute atomic E-state index is 0.124. The molecule has 0 spiro atoms. The highest BCUT2D eigenvalue weighted by Gasteiger charge is 2.07. The van der Waals surface area contributed by atoms with E-state index < -0.39 is 0 Å². The molecule has 2 rings (SSSR count). The second-order valence-corrected chi connectivity index (χ2v) is 5.92. The summed E-state index contributed by atoms with van der Waals surface area (Å²) in [4.78, 5) is 16.3. The highest BCUT2D eigenvalue weighted by molar-refractivity contribution is 5.95. The number of rotatable bonds is 8. The molecule has 144 valence electrons. The summed E-state index contributed by atoms with van der Waals surface area (Å²) in [5.41, 5.74) is 3.02. The Hall–Kier alpha value is -3.02. The summed E-state index contributed by atoms with van der Waals surface area (Å²) in [6.45, 7) is 5.34. The SMILES string of the molecule is CCOc1ccccc1CNC(=NC)NCC(=O)Nc1cccc(CC)c1. The van der Waals surface area contributed by atoms with Crippen LogP contribution in [0, 0.1) is 0 Å². The molecule has 0 radical (unpaired) electrons. The van der Waals surface area contributed by atoms with Crippen LogP contribution in [0.5, 0.6) is 5.75 Å². The minimum Gasteiger partial charge on any atom is -0.494 e. The van der Waals surface area contributed by atoms with E-state index in [0.29, 0.717) is 19.1 Å². The molecule has 3 N–H and O–H groups in total. The molecule has 6 heteroatoms. The molecule has 0 aliphatic heterocycles. The zero-order chi connectivity index (χ0) is 19.5. The Kier molecular flexibility index (Phi) is 8.16.